The molecule has 2 aromatic rings. The van der Waals surface area contributed by atoms with Crippen molar-refractivity contribution in [1.82, 2.24) is 0 Å². The first kappa shape index (κ1) is 8.51. The molecule has 0 radical (unpaired) electrons. The van der Waals surface area contributed by atoms with Crippen molar-refractivity contribution in [3.63, 3.8) is 0 Å². The quantitative estimate of drug-likeness (QED) is 0.739. The largest absolute Gasteiger partial charge is 0.457 e. The Kier molecular flexibility index (Phi) is 2.19. The van der Waals surface area contributed by atoms with Crippen molar-refractivity contribution in [2.24, 2.45) is 0 Å². The van der Waals surface area contributed by atoms with E-state index in [1.807, 2.05) is 0 Å². The molecule has 0 aliphatic carbocycles. The summed E-state index contributed by atoms with van der Waals surface area (Å²) in [5.41, 5.74) is 1.29. The van der Waals surface area contributed by atoms with Crippen LogP contribution >= 0.6 is 15.9 Å². The highest BCUT2D eigenvalue weighted by atomic mass is 79.9. The minimum atomic E-state index is -0.240. The van der Waals surface area contributed by atoms with Crippen molar-refractivity contribution in [3.05, 3.63) is 47.1 Å². The summed E-state index contributed by atoms with van der Waals surface area (Å²) in [5.74, 6) is -0.240. The van der Waals surface area contributed by atoms with Gasteiger partial charge < -0.3 is 4.42 Å². The first-order valence-corrected chi connectivity index (χ1v) is 4.55. The van der Waals surface area contributed by atoms with Crippen molar-refractivity contribution >= 4 is 15.9 Å². The smallest absolute Gasteiger partial charge is 0.169 e. The van der Waals surface area contributed by atoms with Crippen LogP contribution in [-0.4, -0.2) is 0 Å². The molecule has 3 heteroatoms. The fourth-order valence-corrected chi connectivity index (χ4v) is 1.49. The van der Waals surface area contributed by atoms with Crippen molar-refractivity contribution < 1.29 is 8.81 Å². The monoisotopic (exact) mass is 240 g/mol. The van der Waals surface area contributed by atoms with Crippen LogP contribution < -0.4 is 0 Å². The zero-order chi connectivity index (χ0) is 9.26. The summed E-state index contributed by atoms with van der Waals surface area (Å²) in [4.78, 5) is 0. The molecule has 0 aliphatic heterocycles. The highest BCUT2D eigenvalue weighted by molar-refractivity contribution is 9.10. The fourth-order valence-electron chi connectivity index (χ4n) is 1.15. The number of hydrogen-bond acceptors (Lipinski definition) is 1. The average molecular weight is 241 g/mol. The van der Waals surface area contributed by atoms with Gasteiger partial charge in [-0.2, -0.15) is 0 Å². The number of halogens is 2. The zero-order valence-corrected chi connectivity index (χ0v) is 8.21. The molecule has 66 valence electrons. The van der Waals surface area contributed by atoms with Gasteiger partial charge in [0.2, 0.25) is 0 Å². The molecule has 0 fully saturated rings. The third kappa shape index (κ3) is 1.65. The third-order valence-electron chi connectivity index (χ3n) is 1.75. The van der Waals surface area contributed by atoms with Crippen LogP contribution in [0.25, 0.3) is 11.1 Å². The Bertz CT molecular complexity index is 422. The molecule has 1 aromatic carbocycles. The van der Waals surface area contributed by atoms with Crippen LogP contribution in [0.4, 0.5) is 4.39 Å². The molecule has 0 unspecified atom stereocenters. The number of furan rings is 1. The maximum Gasteiger partial charge on any atom is 0.169 e. The van der Waals surface area contributed by atoms with E-state index >= 15 is 0 Å². The fraction of sp³-hybridized carbons (Fsp3) is 0. The Morgan fingerprint density at radius 2 is 2.00 bits per heavy atom. The maximum atomic E-state index is 13.2. The van der Waals surface area contributed by atoms with Gasteiger partial charge in [0, 0.05) is 11.1 Å². The van der Waals surface area contributed by atoms with E-state index in [-0.39, 0.29) is 5.82 Å². The molecule has 0 aliphatic rings. The van der Waals surface area contributed by atoms with Crippen LogP contribution in [0.15, 0.2) is 45.7 Å². The van der Waals surface area contributed by atoms with Gasteiger partial charge in [-0.05, 0) is 28.1 Å². The summed E-state index contributed by atoms with van der Waals surface area (Å²) in [5, 5.41) is 0. The standard InChI is InChI=1S/C10H6BrFO/c11-10-5-7(6-13-10)8-3-1-2-4-9(8)12/h1-6H. The minimum Gasteiger partial charge on any atom is -0.457 e. The number of benzene rings is 1. The van der Waals surface area contributed by atoms with Crippen LogP contribution in [0, 0.1) is 5.82 Å². The van der Waals surface area contributed by atoms with Gasteiger partial charge in [0.25, 0.3) is 0 Å². The van der Waals surface area contributed by atoms with Crippen molar-refractivity contribution in [2.75, 3.05) is 0 Å². The summed E-state index contributed by atoms with van der Waals surface area (Å²) in [6.45, 7) is 0. The van der Waals surface area contributed by atoms with E-state index < -0.39 is 0 Å². The van der Waals surface area contributed by atoms with Gasteiger partial charge in [0.1, 0.15) is 5.82 Å². The molecule has 0 saturated heterocycles. The molecule has 0 N–H and O–H groups in total. The Labute approximate surface area is 83.3 Å². The molecule has 1 aromatic heterocycles. The zero-order valence-electron chi connectivity index (χ0n) is 6.63. The van der Waals surface area contributed by atoms with E-state index in [4.69, 9.17) is 4.42 Å². The molecule has 1 nitrogen and oxygen atoms in total. The topological polar surface area (TPSA) is 13.1 Å². The van der Waals surface area contributed by atoms with Crippen molar-refractivity contribution in [1.29, 1.82) is 0 Å². The van der Waals surface area contributed by atoms with Gasteiger partial charge in [-0.15, -0.1) is 0 Å². The van der Waals surface area contributed by atoms with Crippen LogP contribution in [0.3, 0.4) is 0 Å². The van der Waals surface area contributed by atoms with Gasteiger partial charge in [-0.25, -0.2) is 4.39 Å². The molecule has 0 spiro atoms. The van der Waals surface area contributed by atoms with E-state index in [0.717, 1.165) is 5.56 Å². The molecule has 0 atom stereocenters. The average Bonchev–Trinajstić information content (AvgIpc) is 2.53. The van der Waals surface area contributed by atoms with E-state index in [1.54, 1.807) is 24.3 Å². The second kappa shape index (κ2) is 3.34. The van der Waals surface area contributed by atoms with Gasteiger partial charge in [-0.3, -0.25) is 0 Å². The molecule has 0 saturated carbocycles. The Morgan fingerprint density at radius 1 is 1.23 bits per heavy atom. The van der Waals surface area contributed by atoms with E-state index in [2.05, 4.69) is 15.9 Å². The number of rotatable bonds is 1. The van der Waals surface area contributed by atoms with Crippen LogP contribution in [0.5, 0.6) is 0 Å². The van der Waals surface area contributed by atoms with Gasteiger partial charge >= 0.3 is 0 Å². The third-order valence-corrected chi connectivity index (χ3v) is 2.17. The molecule has 1 heterocycles. The van der Waals surface area contributed by atoms with Crippen LogP contribution in [-0.2, 0) is 0 Å². The maximum absolute atomic E-state index is 13.2. The molecular weight excluding hydrogens is 235 g/mol. The molecule has 0 amide bonds. The minimum absolute atomic E-state index is 0.240. The number of hydrogen-bond donors (Lipinski definition) is 0. The van der Waals surface area contributed by atoms with Crippen LogP contribution in [0.1, 0.15) is 0 Å². The van der Waals surface area contributed by atoms with Crippen LogP contribution in [0.2, 0.25) is 0 Å². The van der Waals surface area contributed by atoms with E-state index in [1.165, 1.54) is 12.3 Å². The summed E-state index contributed by atoms with van der Waals surface area (Å²) < 4.78 is 18.9. The van der Waals surface area contributed by atoms with Crippen molar-refractivity contribution in [3.8, 4) is 11.1 Å². The Balaban J connectivity index is 2.52. The molecule has 2 rings (SSSR count). The highest BCUT2D eigenvalue weighted by Crippen LogP contribution is 2.26. The van der Waals surface area contributed by atoms with E-state index in [0.29, 0.717) is 10.2 Å². The lowest BCUT2D eigenvalue weighted by molar-refractivity contribution is 0.541. The molecular formula is C10H6BrFO. The second-order valence-corrected chi connectivity index (χ2v) is 3.40. The second-order valence-electron chi connectivity index (χ2n) is 2.62. The SMILES string of the molecule is Fc1ccccc1-c1coc(Br)c1. The predicted molar refractivity (Wildman–Crippen MR) is 51.8 cm³/mol. The lowest BCUT2D eigenvalue weighted by Gasteiger charge is -1.96. The Hall–Kier alpha value is -1.09. The lowest BCUT2D eigenvalue weighted by atomic mass is 10.1. The normalized spacial score (nSPS) is 10.3. The lowest BCUT2D eigenvalue weighted by Crippen LogP contribution is -1.79. The molecule has 13 heavy (non-hydrogen) atoms. The summed E-state index contributed by atoms with van der Waals surface area (Å²) in [7, 11) is 0. The van der Waals surface area contributed by atoms with Gasteiger partial charge in [0.15, 0.2) is 4.67 Å². The summed E-state index contributed by atoms with van der Waals surface area (Å²) in [6.07, 6.45) is 1.52. The predicted octanol–water partition coefficient (Wildman–Crippen LogP) is 3.85. The summed E-state index contributed by atoms with van der Waals surface area (Å²) >= 11 is 3.16. The van der Waals surface area contributed by atoms with Gasteiger partial charge in [-0.1, -0.05) is 18.2 Å². The van der Waals surface area contributed by atoms with Gasteiger partial charge in [0.05, 0.1) is 6.26 Å². The highest BCUT2D eigenvalue weighted by Gasteiger charge is 2.06. The summed E-state index contributed by atoms with van der Waals surface area (Å²) in [6, 6.07) is 8.33. The first-order chi connectivity index (χ1) is 6.27. The Morgan fingerprint density at radius 3 is 2.62 bits per heavy atom. The van der Waals surface area contributed by atoms with E-state index in [9.17, 15) is 4.39 Å². The first-order valence-electron chi connectivity index (χ1n) is 3.76. The molecule has 0 bridgehead atoms. The van der Waals surface area contributed by atoms with Crippen molar-refractivity contribution in [2.45, 2.75) is 0 Å².